The molecule has 0 aliphatic carbocycles. The molecule has 0 aliphatic rings. The Bertz CT molecular complexity index is 689. The minimum Gasteiger partial charge on any atom is -0.308 e. The highest BCUT2D eigenvalue weighted by Crippen LogP contribution is 2.23. The SMILES string of the molecule is CCCc1nn(-c2nc(C)c(CC)c(NN)n2)c(CCC)c1CC. The number of aryl methyl sites for hydroxylation is 2. The van der Waals surface area contributed by atoms with Gasteiger partial charge in [-0.3, -0.25) is 0 Å². The Morgan fingerprint density at radius 3 is 2.17 bits per heavy atom. The fourth-order valence-corrected chi connectivity index (χ4v) is 3.26. The highest BCUT2D eigenvalue weighted by atomic mass is 15.4. The lowest BCUT2D eigenvalue weighted by Crippen LogP contribution is -2.16. The third-order valence-electron chi connectivity index (χ3n) is 4.38. The Kier molecular flexibility index (Phi) is 6.31. The van der Waals surface area contributed by atoms with Gasteiger partial charge in [0.2, 0.25) is 0 Å². The maximum absolute atomic E-state index is 5.68. The molecule has 2 rings (SSSR count). The summed E-state index contributed by atoms with van der Waals surface area (Å²) in [4.78, 5) is 9.35. The number of anilines is 1. The lowest BCUT2D eigenvalue weighted by atomic mass is 10.0. The molecule has 0 unspecified atom stereocenters. The van der Waals surface area contributed by atoms with Crippen LogP contribution in [0.2, 0.25) is 0 Å². The van der Waals surface area contributed by atoms with E-state index >= 15 is 0 Å². The predicted octanol–water partition coefficient (Wildman–Crippen LogP) is 3.29. The average molecular weight is 330 g/mol. The lowest BCUT2D eigenvalue weighted by Gasteiger charge is -2.13. The third-order valence-corrected chi connectivity index (χ3v) is 4.38. The van der Waals surface area contributed by atoms with Crippen molar-refractivity contribution < 1.29 is 0 Å². The van der Waals surface area contributed by atoms with Gasteiger partial charge in [-0.1, -0.05) is 40.5 Å². The van der Waals surface area contributed by atoms with Crippen LogP contribution in [0.4, 0.5) is 5.82 Å². The molecule has 0 saturated heterocycles. The van der Waals surface area contributed by atoms with Gasteiger partial charge >= 0.3 is 0 Å². The highest BCUT2D eigenvalue weighted by Gasteiger charge is 2.19. The van der Waals surface area contributed by atoms with Gasteiger partial charge in [-0.2, -0.15) is 10.1 Å². The van der Waals surface area contributed by atoms with Crippen molar-refractivity contribution in [3.63, 3.8) is 0 Å². The normalized spacial score (nSPS) is 11.1. The fraction of sp³-hybridized carbons (Fsp3) is 0.611. The Balaban J connectivity index is 2.64. The van der Waals surface area contributed by atoms with Crippen molar-refractivity contribution >= 4 is 5.82 Å². The maximum Gasteiger partial charge on any atom is 0.253 e. The van der Waals surface area contributed by atoms with Gasteiger partial charge in [-0.15, -0.1) is 0 Å². The van der Waals surface area contributed by atoms with E-state index in [1.54, 1.807) is 0 Å². The summed E-state index contributed by atoms with van der Waals surface area (Å²) in [6.45, 7) is 10.7. The van der Waals surface area contributed by atoms with Crippen molar-refractivity contribution in [2.45, 2.75) is 73.1 Å². The molecule has 6 nitrogen and oxygen atoms in total. The van der Waals surface area contributed by atoms with E-state index in [-0.39, 0.29) is 0 Å². The van der Waals surface area contributed by atoms with Gasteiger partial charge in [-0.25, -0.2) is 15.5 Å². The number of hydrogen-bond acceptors (Lipinski definition) is 5. The van der Waals surface area contributed by atoms with E-state index in [1.165, 1.54) is 17.0 Å². The number of nitrogens with zero attached hydrogens (tertiary/aromatic N) is 4. The van der Waals surface area contributed by atoms with Crippen molar-refractivity contribution in [1.29, 1.82) is 0 Å². The summed E-state index contributed by atoms with van der Waals surface area (Å²) in [5.74, 6) is 6.98. The number of aromatic nitrogens is 4. The predicted molar refractivity (Wildman–Crippen MR) is 98.4 cm³/mol. The van der Waals surface area contributed by atoms with Crippen LogP contribution >= 0.6 is 0 Å². The van der Waals surface area contributed by atoms with Crippen LogP contribution in [0.5, 0.6) is 0 Å². The van der Waals surface area contributed by atoms with Crippen molar-refractivity contribution in [2.24, 2.45) is 5.84 Å². The third kappa shape index (κ3) is 3.43. The second-order valence-corrected chi connectivity index (χ2v) is 6.07. The molecule has 0 aliphatic heterocycles. The first-order valence-corrected chi connectivity index (χ1v) is 9.05. The van der Waals surface area contributed by atoms with Crippen molar-refractivity contribution in [2.75, 3.05) is 5.43 Å². The average Bonchev–Trinajstić information content (AvgIpc) is 2.92. The molecule has 0 radical (unpaired) electrons. The Morgan fingerprint density at radius 1 is 0.958 bits per heavy atom. The molecular formula is C18H30N6. The Morgan fingerprint density at radius 2 is 1.62 bits per heavy atom. The minimum absolute atomic E-state index is 0.609. The summed E-state index contributed by atoms with van der Waals surface area (Å²) in [5.41, 5.74) is 8.47. The number of nitrogens with two attached hydrogens (primary N) is 1. The van der Waals surface area contributed by atoms with Crippen LogP contribution in [-0.4, -0.2) is 19.7 Å². The van der Waals surface area contributed by atoms with Crippen molar-refractivity contribution in [1.82, 2.24) is 19.7 Å². The molecular weight excluding hydrogens is 300 g/mol. The zero-order valence-corrected chi connectivity index (χ0v) is 15.6. The second-order valence-electron chi connectivity index (χ2n) is 6.07. The molecule has 2 aromatic rings. The summed E-state index contributed by atoms with van der Waals surface area (Å²) in [5, 5.41) is 4.85. The summed E-state index contributed by atoms with van der Waals surface area (Å²) < 4.78 is 1.93. The molecule has 0 spiro atoms. The first-order valence-electron chi connectivity index (χ1n) is 9.05. The molecule has 0 amide bonds. The van der Waals surface area contributed by atoms with Gasteiger partial charge in [0, 0.05) is 11.3 Å². The molecule has 3 N–H and O–H groups in total. The minimum atomic E-state index is 0.609. The van der Waals surface area contributed by atoms with Crippen LogP contribution in [0.3, 0.4) is 0 Å². The number of rotatable bonds is 8. The summed E-state index contributed by atoms with van der Waals surface area (Å²) >= 11 is 0. The summed E-state index contributed by atoms with van der Waals surface area (Å²) in [7, 11) is 0. The van der Waals surface area contributed by atoms with E-state index in [1.807, 2.05) is 11.6 Å². The largest absolute Gasteiger partial charge is 0.308 e. The Labute approximate surface area is 144 Å². The standard InChI is InChI=1S/C18H30N6/c1-6-10-15-14(9-4)16(11-7-2)24(23-15)18-20-12(5)13(8-3)17(21-18)22-19/h6-11,19H2,1-5H3,(H,20,21,22). The van der Waals surface area contributed by atoms with Crippen LogP contribution in [0, 0.1) is 6.92 Å². The van der Waals surface area contributed by atoms with Crippen LogP contribution in [0.1, 0.15) is 68.7 Å². The fourth-order valence-electron chi connectivity index (χ4n) is 3.26. The molecule has 0 bridgehead atoms. The van der Waals surface area contributed by atoms with Gasteiger partial charge in [0.25, 0.3) is 5.95 Å². The van der Waals surface area contributed by atoms with Crippen LogP contribution in [0.25, 0.3) is 5.95 Å². The summed E-state index contributed by atoms with van der Waals surface area (Å²) in [6, 6.07) is 0. The van der Waals surface area contributed by atoms with E-state index in [9.17, 15) is 0 Å². The molecule has 0 fully saturated rings. The molecule has 2 aromatic heterocycles. The van der Waals surface area contributed by atoms with Gasteiger partial charge in [0.15, 0.2) is 0 Å². The van der Waals surface area contributed by atoms with E-state index in [4.69, 9.17) is 15.9 Å². The maximum atomic E-state index is 5.68. The van der Waals surface area contributed by atoms with Crippen LogP contribution < -0.4 is 11.3 Å². The van der Waals surface area contributed by atoms with Gasteiger partial charge in [-0.05, 0) is 38.2 Å². The van der Waals surface area contributed by atoms with Crippen molar-refractivity contribution in [3.05, 3.63) is 28.2 Å². The molecule has 132 valence electrons. The molecule has 0 saturated carbocycles. The van der Waals surface area contributed by atoms with Crippen molar-refractivity contribution in [3.8, 4) is 5.95 Å². The van der Waals surface area contributed by atoms with Crippen LogP contribution in [-0.2, 0) is 25.7 Å². The molecule has 0 atom stereocenters. The summed E-state index contributed by atoms with van der Waals surface area (Å²) in [6.07, 6.45) is 5.94. The Hall–Kier alpha value is -1.95. The van der Waals surface area contributed by atoms with E-state index < -0.39 is 0 Å². The number of nitrogens with one attached hydrogen (secondary N) is 1. The second kappa shape index (κ2) is 8.24. The van der Waals surface area contributed by atoms with Gasteiger partial charge in [0.05, 0.1) is 11.4 Å². The molecule has 0 aromatic carbocycles. The number of hydrazine groups is 1. The topological polar surface area (TPSA) is 81.7 Å². The number of nitrogen functional groups attached to an aromatic ring is 1. The molecule has 6 heteroatoms. The molecule has 24 heavy (non-hydrogen) atoms. The van der Waals surface area contributed by atoms with E-state index in [0.717, 1.165) is 49.8 Å². The van der Waals surface area contributed by atoms with Crippen LogP contribution in [0.15, 0.2) is 0 Å². The number of hydrogen-bond donors (Lipinski definition) is 2. The van der Waals surface area contributed by atoms with Gasteiger partial charge in [0.1, 0.15) is 5.82 Å². The van der Waals surface area contributed by atoms with E-state index in [0.29, 0.717) is 11.8 Å². The highest BCUT2D eigenvalue weighted by molar-refractivity contribution is 5.47. The first kappa shape index (κ1) is 18.4. The quantitative estimate of drug-likeness (QED) is 0.573. The monoisotopic (exact) mass is 330 g/mol. The molecule has 2 heterocycles. The van der Waals surface area contributed by atoms with E-state index in [2.05, 4.69) is 38.1 Å². The zero-order valence-electron chi connectivity index (χ0n) is 15.6. The first-order chi connectivity index (χ1) is 11.6. The smallest absolute Gasteiger partial charge is 0.253 e. The zero-order chi connectivity index (χ0) is 17.7. The lowest BCUT2D eigenvalue weighted by molar-refractivity contribution is 0.714. The van der Waals surface area contributed by atoms with Gasteiger partial charge < -0.3 is 5.43 Å².